The number of halogens is 3. The number of carbonyl (C=O) groups excluding carboxylic acids is 1. The van der Waals surface area contributed by atoms with Crippen LogP contribution in [0, 0.1) is 6.92 Å². The molecule has 2 aromatic carbocycles. The van der Waals surface area contributed by atoms with Gasteiger partial charge in [-0.25, -0.2) is 19.7 Å². The predicted molar refractivity (Wildman–Crippen MR) is 128 cm³/mol. The molecule has 0 unspecified atom stereocenters. The first-order valence-corrected chi connectivity index (χ1v) is 10.7. The normalized spacial score (nSPS) is 11.4. The molecular weight excluding hydrogens is 515 g/mol. The summed E-state index contributed by atoms with van der Waals surface area (Å²) in [5, 5.41) is 2.94. The first-order valence-electron chi connectivity index (χ1n) is 10.7. The van der Waals surface area contributed by atoms with Gasteiger partial charge in [0.2, 0.25) is 23.4 Å². The number of ether oxygens (including phenoxy) is 5. The summed E-state index contributed by atoms with van der Waals surface area (Å²) in [6.45, 7) is 1.74. The molecule has 4 aromatic rings. The van der Waals surface area contributed by atoms with Crippen LogP contribution >= 0.6 is 0 Å². The van der Waals surface area contributed by atoms with Crippen molar-refractivity contribution < 1.29 is 41.7 Å². The van der Waals surface area contributed by atoms with E-state index in [0.717, 1.165) is 12.5 Å². The van der Waals surface area contributed by atoms with E-state index < -0.39 is 34.6 Å². The van der Waals surface area contributed by atoms with Crippen molar-refractivity contribution in [3.8, 4) is 28.7 Å². The molecule has 0 saturated carbocycles. The van der Waals surface area contributed by atoms with Crippen LogP contribution in [0.15, 0.2) is 23.0 Å². The quantitative estimate of drug-likeness (QED) is 0.265. The van der Waals surface area contributed by atoms with E-state index in [9.17, 15) is 22.8 Å². The maximum atomic E-state index is 13.1. The average Bonchev–Trinajstić information content (AvgIpc) is 2.87. The van der Waals surface area contributed by atoms with E-state index in [1.54, 1.807) is 25.1 Å². The number of H-pyrrole nitrogens is 1. The zero-order chi connectivity index (χ0) is 27.8. The molecule has 0 bridgehead atoms. The largest absolute Gasteiger partial charge is 0.497 e. The smallest absolute Gasteiger partial charge is 0.491 e. The van der Waals surface area contributed by atoms with Crippen LogP contribution in [0.3, 0.4) is 0 Å². The maximum absolute atomic E-state index is 13.1. The fourth-order valence-electron chi connectivity index (χ4n) is 3.69. The monoisotopic (exact) mass is 535 g/mol. The lowest BCUT2D eigenvalue weighted by molar-refractivity contribution is -0.189. The van der Waals surface area contributed by atoms with Crippen LogP contribution in [0.5, 0.6) is 28.7 Å². The highest BCUT2D eigenvalue weighted by Crippen LogP contribution is 2.49. The minimum atomic E-state index is -5.36. The first-order chi connectivity index (χ1) is 18.0. The minimum absolute atomic E-state index is 0.0610. The summed E-state index contributed by atoms with van der Waals surface area (Å²) in [6, 6.07) is 5.19. The molecule has 200 valence electrons. The topological polar surface area (TPSA) is 147 Å². The number of carbonyl (C=O) groups is 1. The molecule has 4 rings (SSSR count). The van der Waals surface area contributed by atoms with Crippen molar-refractivity contribution in [2.45, 2.75) is 13.1 Å². The number of methoxy groups -OCH3 is 4. The first kappa shape index (κ1) is 26.2. The number of rotatable bonds is 7. The Bertz CT molecular complexity index is 1620. The minimum Gasteiger partial charge on any atom is -0.497 e. The summed E-state index contributed by atoms with van der Waals surface area (Å²) in [4.78, 5) is 40.1. The molecule has 0 aliphatic carbocycles. The Morgan fingerprint density at radius 2 is 1.58 bits per heavy atom. The second-order valence-corrected chi connectivity index (χ2v) is 7.59. The van der Waals surface area contributed by atoms with Crippen LogP contribution in [-0.4, -0.2) is 60.5 Å². The summed E-state index contributed by atoms with van der Waals surface area (Å²) in [7, 11) is 5.01. The van der Waals surface area contributed by atoms with Crippen molar-refractivity contribution in [2.75, 3.05) is 33.8 Å². The van der Waals surface area contributed by atoms with Crippen LogP contribution in [0.25, 0.3) is 21.8 Å². The van der Waals surface area contributed by atoms with Crippen LogP contribution in [0.1, 0.15) is 5.69 Å². The molecule has 0 fully saturated rings. The highest BCUT2D eigenvalue weighted by Gasteiger charge is 2.43. The lowest BCUT2D eigenvalue weighted by Gasteiger charge is -2.18. The van der Waals surface area contributed by atoms with Crippen molar-refractivity contribution >= 4 is 39.7 Å². The van der Waals surface area contributed by atoms with Crippen molar-refractivity contribution in [3.63, 3.8) is 0 Å². The van der Waals surface area contributed by atoms with Gasteiger partial charge in [-0.15, -0.1) is 0 Å². The number of esters is 1. The molecule has 0 atom stereocenters. The molecule has 15 heteroatoms. The third-order valence-electron chi connectivity index (χ3n) is 5.34. The van der Waals surface area contributed by atoms with Gasteiger partial charge in [0, 0.05) is 5.39 Å². The number of benzene rings is 2. The SMILES string of the molecule is COc1ccc2nc(Nc3nc4c(OC)c(OC)c(OC)c(OC(=O)C(F)(F)F)c4c(=O)[nH]3)nc(C)c2c1. The molecule has 2 aromatic heterocycles. The number of aromatic amines is 1. The number of anilines is 2. The number of fused-ring (bicyclic) bond motifs is 2. The summed E-state index contributed by atoms with van der Waals surface area (Å²) < 4.78 is 64.4. The summed E-state index contributed by atoms with van der Waals surface area (Å²) in [5.74, 6) is -3.85. The number of aromatic nitrogens is 4. The van der Waals surface area contributed by atoms with Crippen molar-refractivity contribution in [1.29, 1.82) is 0 Å². The number of hydrogen-bond donors (Lipinski definition) is 2. The number of nitrogens with zero attached hydrogens (tertiary/aromatic N) is 3. The maximum Gasteiger partial charge on any atom is 0.491 e. The fraction of sp³-hybridized carbons (Fsp3) is 0.261. The highest BCUT2D eigenvalue weighted by molar-refractivity contribution is 5.98. The zero-order valence-electron chi connectivity index (χ0n) is 20.6. The van der Waals surface area contributed by atoms with Gasteiger partial charge in [-0.1, -0.05) is 0 Å². The Labute approximate surface area is 211 Å². The lowest BCUT2D eigenvalue weighted by atomic mass is 10.1. The van der Waals surface area contributed by atoms with Crippen LogP contribution in [-0.2, 0) is 4.79 Å². The summed E-state index contributed by atoms with van der Waals surface area (Å²) in [6.07, 6.45) is -5.36. The molecule has 0 spiro atoms. The molecule has 0 amide bonds. The fourth-order valence-corrected chi connectivity index (χ4v) is 3.69. The third kappa shape index (κ3) is 4.65. The summed E-state index contributed by atoms with van der Waals surface area (Å²) in [5.41, 5.74) is -0.119. The van der Waals surface area contributed by atoms with E-state index in [1.807, 2.05) is 0 Å². The summed E-state index contributed by atoms with van der Waals surface area (Å²) >= 11 is 0. The lowest BCUT2D eigenvalue weighted by Crippen LogP contribution is -2.29. The van der Waals surface area contributed by atoms with Gasteiger partial charge >= 0.3 is 12.1 Å². The van der Waals surface area contributed by atoms with Crippen molar-refractivity contribution in [3.05, 3.63) is 34.2 Å². The van der Waals surface area contributed by atoms with Gasteiger partial charge < -0.3 is 23.7 Å². The van der Waals surface area contributed by atoms with Gasteiger partial charge in [-0.05, 0) is 25.1 Å². The molecule has 0 aliphatic heterocycles. The van der Waals surface area contributed by atoms with Gasteiger partial charge in [0.05, 0.1) is 39.6 Å². The standard InChI is InChI=1S/C23H20F3N5O7/c1-9-11-8-10(34-2)6-7-12(11)28-21(27-9)31-22-29-14-13(19(32)30-22)15(38-20(33)23(24,25)26)17(36-4)18(37-5)16(14)35-3/h6-8H,1-5H3,(H2,27,28,29,30,31,32). The average molecular weight is 535 g/mol. The van der Waals surface area contributed by atoms with E-state index >= 15 is 0 Å². The van der Waals surface area contributed by atoms with Crippen LogP contribution < -0.4 is 34.6 Å². The Hall–Kier alpha value is -4.82. The Morgan fingerprint density at radius 1 is 0.921 bits per heavy atom. The van der Waals surface area contributed by atoms with E-state index in [-0.39, 0.29) is 28.9 Å². The molecule has 0 radical (unpaired) electrons. The Kier molecular flexibility index (Phi) is 6.85. The molecule has 2 N–H and O–H groups in total. The van der Waals surface area contributed by atoms with Gasteiger partial charge in [0.25, 0.3) is 5.56 Å². The molecule has 0 saturated heterocycles. The van der Waals surface area contributed by atoms with Crippen molar-refractivity contribution in [1.82, 2.24) is 19.9 Å². The molecule has 38 heavy (non-hydrogen) atoms. The second kappa shape index (κ2) is 9.91. The molecule has 12 nitrogen and oxygen atoms in total. The van der Waals surface area contributed by atoms with Gasteiger partial charge in [0.15, 0.2) is 11.5 Å². The van der Waals surface area contributed by atoms with E-state index in [4.69, 9.17) is 18.9 Å². The number of alkyl halides is 3. The van der Waals surface area contributed by atoms with Crippen molar-refractivity contribution in [2.24, 2.45) is 0 Å². The van der Waals surface area contributed by atoms with E-state index in [2.05, 4.69) is 30.0 Å². The van der Waals surface area contributed by atoms with Gasteiger partial charge in [0.1, 0.15) is 16.7 Å². The zero-order valence-corrected chi connectivity index (χ0v) is 20.6. The number of aryl methyl sites for hydroxylation is 1. The van der Waals surface area contributed by atoms with Gasteiger partial charge in [-0.3, -0.25) is 15.1 Å². The van der Waals surface area contributed by atoms with Crippen LogP contribution in [0.2, 0.25) is 0 Å². The predicted octanol–water partition coefficient (Wildman–Crippen LogP) is 3.42. The number of nitrogens with one attached hydrogen (secondary N) is 2. The third-order valence-corrected chi connectivity index (χ3v) is 5.34. The molecular formula is C23H20F3N5O7. The highest BCUT2D eigenvalue weighted by atomic mass is 19.4. The molecule has 2 heterocycles. The van der Waals surface area contributed by atoms with Crippen LogP contribution in [0.4, 0.5) is 25.1 Å². The Balaban J connectivity index is 1.90. The number of hydrogen-bond acceptors (Lipinski definition) is 11. The van der Waals surface area contributed by atoms with Gasteiger partial charge in [-0.2, -0.15) is 13.2 Å². The van der Waals surface area contributed by atoms with E-state index in [0.29, 0.717) is 17.0 Å². The second-order valence-electron chi connectivity index (χ2n) is 7.59. The Morgan fingerprint density at radius 3 is 2.18 bits per heavy atom. The molecule has 0 aliphatic rings. The van der Waals surface area contributed by atoms with E-state index in [1.165, 1.54) is 21.3 Å².